The minimum atomic E-state index is -0.476. The minimum absolute atomic E-state index is 0.0757. The fourth-order valence-electron chi connectivity index (χ4n) is 1.83. The van der Waals surface area contributed by atoms with Gasteiger partial charge in [0.05, 0.1) is 13.5 Å². The predicted octanol–water partition coefficient (Wildman–Crippen LogP) is 2.87. The van der Waals surface area contributed by atoms with Crippen LogP contribution in [0.5, 0.6) is 0 Å². The summed E-state index contributed by atoms with van der Waals surface area (Å²) in [6.07, 6.45) is 2.61. The van der Waals surface area contributed by atoms with Gasteiger partial charge in [0, 0.05) is 23.6 Å². The standard InChI is InChI=1S/C15H19ClFNO3/c1-21-15(20)8-3-2-4-9-18-14(19)10-11-12(16)6-5-7-13(11)17/h5-7H,2-4,8-10H2,1H3,(H,18,19). The van der Waals surface area contributed by atoms with Crippen molar-refractivity contribution in [1.82, 2.24) is 5.32 Å². The normalized spacial score (nSPS) is 10.2. The lowest BCUT2D eigenvalue weighted by molar-refractivity contribution is -0.140. The number of esters is 1. The molecule has 116 valence electrons. The molecule has 0 aliphatic carbocycles. The monoisotopic (exact) mass is 315 g/mol. The Balaban J connectivity index is 2.21. The second-order valence-electron chi connectivity index (χ2n) is 4.61. The van der Waals surface area contributed by atoms with E-state index in [-0.39, 0.29) is 28.9 Å². The quantitative estimate of drug-likeness (QED) is 0.593. The molecule has 0 radical (unpaired) electrons. The van der Waals surface area contributed by atoms with Crippen LogP contribution in [-0.2, 0) is 20.7 Å². The number of nitrogens with one attached hydrogen (secondary N) is 1. The molecule has 0 fully saturated rings. The van der Waals surface area contributed by atoms with E-state index in [0.29, 0.717) is 13.0 Å². The van der Waals surface area contributed by atoms with Crippen molar-refractivity contribution >= 4 is 23.5 Å². The van der Waals surface area contributed by atoms with Crippen molar-refractivity contribution in [2.24, 2.45) is 0 Å². The Morgan fingerprint density at radius 1 is 1.29 bits per heavy atom. The predicted molar refractivity (Wildman–Crippen MR) is 78.6 cm³/mol. The third-order valence-electron chi connectivity index (χ3n) is 3.01. The number of unbranched alkanes of at least 4 members (excludes halogenated alkanes) is 2. The summed E-state index contributed by atoms with van der Waals surface area (Å²) in [6.45, 7) is 0.492. The number of hydrogen-bond donors (Lipinski definition) is 1. The first-order valence-corrected chi connectivity index (χ1v) is 7.18. The van der Waals surface area contributed by atoms with Gasteiger partial charge in [-0.2, -0.15) is 0 Å². The molecule has 0 saturated heterocycles. The summed E-state index contributed by atoms with van der Waals surface area (Å²) < 4.78 is 18.0. The van der Waals surface area contributed by atoms with Crippen LogP contribution in [-0.4, -0.2) is 25.5 Å². The Labute approximate surface area is 128 Å². The van der Waals surface area contributed by atoms with Crippen LogP contribution in [0, 0.1) is 5.82 Å². The summed E-state index contributed by atoms with van der Waals surface area (Å²) >= 11 is 5.86. The van der Waals surface area contributed by atoms with Crippen molar-refractivity contribution in [3.63, 3.8) is 0 Å². The highest BCUT2D eigenvalue weighted by molar-refractivity contribution is 6.31. The first kappa shape index (κ1) is 17.4. The van der Waals surface area contributed by atoms with Crippen molar-refractivity contribution in [3.05, 3.63) is 34.6 Å². The maximum Gasteiger partial charge on any atom is 0.305 e. The molecule has 1 amide bonds. The summed E-state index contributed by atoms with van der Waals surface area (Å²) in [5, 5.41) is 2.96. The van der Waals surface area contributed by atoms with E-state index in [2.05, 4.69) is 10.1 Å². The van der Waals surface area contributed by atoms with Crippen LogP contribution < -0.4 is 5.32 Å². The highest BCUT2D eigenvalue weighted by Crippen LogP contribution is 2.19. The van der Waals surface area contributed by atoms with Crippen LogP contribution in [0.2, 0.25) is 5.02 Å². The Bertz CT molecular complexity index is 474. The molecular weight excluding hydrogens is 297 g/mol. The van der Waals surface area contributed by atoms with Crippen molar-refractivity contribution < 1.29 is 18.7 Å². The van der Waals surface area contributed by atoms with E-state index in [1.54, 1.807) is 6.07 Å². The van der Waals surface area contributed by atoms with Gasteiger partial charge < -0.3 is 10.1 Å². The third-order valence-corrected chi connectivity index (χ3v) is 3.36. The topological polar surface area (TPSA) is 55.4 Å². The number of amides is 1. The summed E-state index contributed by atoms with van der Waals surface area (Å²) in [6, 6.07) is 4.34. The van der Waals surface area contributed by atoms with Crippen LogP contribution in [0.1, 0.15) is 31.2 Å². The molecule has 0 atom stereocenters. The largest absolute Gasteiger partial charge is 0.469 e. The van der Waals surface area contributed by atoms with Gasteiger partial charge in [0.25, 0.3) is 0 Å². The molecule has 0 unspecified atom stereocenters. The number of carbonyl (C=O) groups excluding carboxylic acids is 2. The number of carbonyl (C=O) groups is 2. The zero-order chi connectivity index (χ0) is 15.7. The highest BCUT2D eigenvalue weighted by atomic mass is 35.5. The summed E-state index contributed by atoms with van der Waals surface area (Å²) in [5.41, 5.74) is 0.211. The van der Waals surface area contributed by atoms with Gasteiger partial charge in [0.1, 0.15) is 5.82 Å². The summed E-state index contributed by atoms with van der Waals surface area (Å²) in [7, 11) is 1.36. The zero-order valence-corrected chi connectivity index (χ0v) is 12.7. The number of hydrogen-bond acceptors (Lipinski definition) is 3. The lowest BCUT2D eigenvalue weighted by atomic mass is 10.1. The van der Waals surface area contributed by atoms with Crippen LogP contribution in [0.15, 0.2) is 18.2 Å². The Hall–Kier alpha value is -1.62. The summed E-state index contributed by atoms with van der Waals surface area (Å²) in [4.78, 5) is 22.6. The van der Waals surface area contributed by atoms with E-state index in [1.807, 2.05) is 0 Å². The molecule has 0 heterocycles. The molecule has 1 aromatic carbocycles. The van der Waals surface area contributed by atoms with Gasteiger partial charge in [-0.25, -0.2) is 4.39 Å². The van der Waals surface area contributed by atoms with E-state index in [1.165, 1.54) is 19.2 Å². The molecule has 0 aliphatic heterocycles. The maximum atomic E-state index is 13.5. The second-order valence-corrected chi connectivity index (χ2v) is 5.02. The lowest BCUT2D eigenvalue weighted by Crippen LogP contribution is -2.26. The summed E-state index contributed by atoms with van der Waals surface area (Å²) in [5.74, 6) is -0.973. The lowest BCUT2D eigenvalue weighted by Gasteiger charge is -2.07. The van der Waals surface area contributed by atoms with E-state index >= 15 is 0 Å². The first-order chi connectivity index (χ1) is 10.0. The first-order valence-electron chi connectivity index (χ1n) is 6.81. The maximum absolute atomic E-state index is 13.5. The van der Waals surface area contributed by atoms with E-state index in [0.717, 1.165) is 19.3 Å². The minimum Gasteiger partial charge on any atom is -0.469 e. The fourth-order valence-corrected chi connectivity index (χ4v) is 2.06. The van der Waals surface area contributed by atoms with Gasteiger partial charge >= 0.3 is 5.97 Å². The van der Waals surface area contributed by atoms with Crippen LogP contribution in [0.25, 0.3) is 0 Å². The SMILES string of the molecule is COC(=O)CCCCCNC(=O)Cc1c(F)cccc1Cl. The highest BCUT2D eigenvalue weighted by Gasteiger charge is 2.11. The van der Waals surface area contributed by atoms with E-state index in [4.69, 9.17) is 11.6 Å². The van der Waals surface area contributed by atoms with Gasteiger partial charge in [-0.3, -0.25) is 9.59 Å². The fraction of sp³-hybridized carbons (Fsp3) is 0.467. The van der Waals surface area contributed by atoms with E-state index < -0.39 is 5.82 Å². The Morgan fingerprint density at radius 3 is 2.71 bits per heavy atom. The number of halogens is 2. The third kappa shape index (κ3) is 6.58. The van der Waals surface area contributed by atoms with Gasteiger partial charge in [-0.05, 0) is 25.0 Å². The number of ether oxygens (including phenoxy) is 1. The molecule has 0 aliphatic rings. The zero-order valence-electron chi connectivity index (χ0n) is 12.0. The molecule has 0 spiro atoms. The Morgan fingerprint density at radius 2 is 2.05 bits per heavy atom. The van der Waals surface area contributed by atoms with Crippen LogP contribution in [0.3, 0.4) is 0 Å². The molecule has 21 heavy (non-hydrogen) atoms. The molecule has 1 N–H and O–H groups in total. The molecule has 6 heteroatoms. The molecule has 4 nitrogen and oxygen atoms in total. The van der Waals surface area contributed by atoms with Gasteiger partial charge in [-0.1, -0.05) is 24.1 Å². The number of methoxy groups -OCH3 is 1. The van der Waals surface area contributed by atoms with Gasteiger partial charge in [-0.15, -0.1) is 0 Å². The number of benzene rings is 1. The molecule has 1 aromatic rings. The Kier molecular flexibility index (Phi) is 7.75. The molecule has 0 saturated carbocycles. The molecule has 0 bridgehead atoms. The van der Waals surface area contributed by atoms with Gasteiger partial charge in [0.2, 0.25) is 5.91 Å². The van der Waals surface area contributed by atoms with Crippen molar-refractivity contribution in [3.8, 4) is 0 Å². The molecule has 0 aromatic heterocycles. The van der Waals surface area contributed by atoms with Crippen LogP contribution in [0.4, 0.5) is 4.39 Å². The second kappa shape index (κ2) is 9.34. The van der Waals surface area contributed by atoms with E-state index in [9.17, 15) is 14.0 Å². The van der Waals surface area contributed by atoms with Crippen molar-refractivity contribution in [2.75, 3.05) is 13.7 Å². The van der Waals surface area contributed by atoms with Gasteiger partial charge in [0.15, 0.2) is 0 Å². The van der Waals surface area contributed by atoms with Crippen molar-refractivity contribution in [2.45, 2.75) is 32.1 Å². The molecule has 1 rings (SSSR count). The average Bonchev–Trinajstić information content (AvgIpc) is 2.46. The van der Waals surface area contributed by atoms with Crippen molar-refractivity contribution in [1.29, 1.82) is 0 Å². The smallest absolute Gasteiger partial charge is 0.305 e. The molecular formula is C15H19ClFNO3. The average molecular weight is 316 g/mol. The number of rotatable bonds is 8. The van der Waals surface area contributed by atoms with Crippen LogP contribution >= 0.6 is 11.6 Å².